The molecule has 3 rings (SSSR count). The molecule has 1 heterocycles. The summed E-state index contributed by atoms with van der Waals surface area (Å²) in [6, 6.07) is 15.1. The quantitative estimate of drug-likeness (QED) is 0.766. The number of nitrogens with zero attached hydrogens (tertiary/aromatic N) is 1. The number of phenols is 1. The molecule has 2 aromatic carbocycles. The van der Waals surface area contributed by atoms with Crippen molar-refractivity contribution in [2.45, 2.75) is 6.92 Å². The van der Waals surface area contributed by atoms with Gasteiger partial charge in [-0.1, -0.05) is 12.1 Å². The van der Waals surface area contributed by atoms with E-state index in [9.17, 15) is 5.11 Å². The molecule has 0 aliphatic rings. The monoisotopic (exact) mass is 297 g/mol. The Morgan fingerprint density at radius 2 is 1.86 bits per heavy atom. The Labute approximate surface area is 127 Å². The van der Waals surface area contributed by atoms with Crippen molar-refractivity contribution in [1.29, 1.82) is 0 Å². The van der Waals surface area contributed by atoms with Crippen LogP contribution in [0.1, 0.15) is 6.92 Å². The smallest absolute Gasteiger partial charge is 0.127 e. The predicted molar refractivity (Wildman–Crippen MR) is 85.8 cm³/mol. The van der Waals surface area contributed by atoms with E-state index in [0.29, 0.717) is 6.61 Å². The SMILES string of the molecule is CCOc1ccc(-c2csc(-c3ccccc3O)n2)cc1. The molecule has 0 saturated heterocycles. The van der Waals surface area contributed by atoms with Crippen molar-refractivity contribution in [3.8, 4) is 33.3 Å². The van der Waals surface area contributed by atoms with Gasteiger partial charge in [-0.05, 0) is 43.3 Å². The zero-order chi connectivity index (χ0) is 14.7. The molecular weight excluding hydrogens is 282 g/mol. The topological polar surface area (TPSA) is 42.4 Å². The molecule has 1 aromatic heterocycles. The Kier molecular flexibility index (Phi) is 3.88. The van der Waals surface area contributed by atoms with Crippen LogP contribution in [0.4, 0.5) is 0 Å². The molecule has 0 aliphatic heterocycles. The summed E-state index contributed by atoms with van der Waals surface area (Å²) >= 11 is 1.52. The number of aromatic hydroxyl groups is 1. The lowest BCUT2D eigenvalue weighted by Gasteiger charge is -2.03. The van der Waals surface area contributed by atoms with Crippen LogP contribution in [0.15, 0.2) is 53.9 Å². The number of hydrogen-bond acceptors (Lipinski definition) is 4. The van der Waals surface area contributed by atoms with Gasteiger partial charge in [0.15, 0.2) is 0 Å². The number of phenolic OH excluding ortho intramolecular Hbond substituents is 1. The van der Waals surface area contributed by atoms with Crippen LogP contribution < -0.4 is 4.74 Å². The summed E-state index contributed by atoms with van der Waals surface area (Å²) in [5.41, 5.74) is 2.71. The fourth-order valence-electron chi connectivity index (χ4n) is 2.07. The summed E-state index contributed by atoms with van der Waals surface area (Å²) in [6.45, 7) is 2.63. The van der Waals surface area contributed by atoms with Gasteiger partial charge in [0.1, 0.15) is 16.5 Å². The number of aromatic nitrogens is 1. The van der Waals surface area contributed by atoms with Gasteiger partial charge in [0.2, 0.25) is 0 Å². The third kappa shape index (κ3) is 2.90. The molecule has 106 valence electrons. The Bertz CT molecular complexity index is 735. The van der Waals surface area contributed by atoms with E-state index in [1.165, 1.54) is 11.3 Å². The van der Waals surface area contributed by atoms with Crippen molar-refractivity contribution in [3.05, 3.63) is 53.9 Å². The molecular formula is C17H15NO2S. The molecule has 3 aromatic rings. The van der Waals surface area contributed by atoms with Crippen LogP contribution in [0.3, 0.4) is 0 Å². The Morgan fingerprint density at radius 1 is 1.10 bits per heavy atom. The van der Waals surface area contributed by atoms with E-state index >= 15 is 0 Å². The van der Waals surface area contributed by atoms with Gasteiger partial charge in [-0.3, -0.25) is 0 Å². The zero-order valence-electron chi connectivity index (χ0n) is 11.6. The molecule has 0 amide bonds. The second-order valence-corrected chi connectivity index (χ2v) is 5.37. The minimum Gasteiger partial charge on any atom is -0.507 e. The van der Waals surface area contributed by atoms with E-state index in [4.69, 9.17) is 4.74 Å². The first-order chi connectivity index (χ1) is 10.3. The van der Waals surface area contributed by atoms with Crippen molar-refractivity contribution < 1.29 is 9.84 Å². The molecule has 0 fully saturated rings. The van der Waals surface area contributed by atoms with Gasteiger partial charge in [0.25, 0.3) is 0 Å². The highest BCUT2D eigenvalue weighted by Crippen LogP contribution is 2.34. The minimum atomic E-state index is 0.255. The van der Waals surface area contributed by atoms with Gasteiger partial charge in [-0.2, -0.15) is 0 Å². The molecule has 0 saturated carbocycles. The lowest BCUT2D eigenvalue weighted by atomic mass is 10.1. The molecule has 0 radical (unpaired) electrons. The van der Waals surface area contributed by atoms with Gasteiger partial charge < -0.3 is 9.84 Å². The second kappa shape index (κ2) is 5.97. The van der Waals surface area contributed by atoms with E-state index in [-0.39, 0.29) is 5.75 Å². The lowest BCUT2D eigenvalue weighted by Crippen LogP contribution is -1.90. The van der Waals surface area contributed by atoms with Crippen LogP contribution in [0.25, 0.3) is 21.8 Å². The maximum atomic E-state index is 9.89. The Balaban J connectivity index is 1.89. The molecule has 0 bridgehead atoms. The molecule has 0 aliphatic carbocycles. The van der Waals surface area contributed by atoms with Gasteiger partial charge in [-0.15, -0.1) is 11.3 Å². The summed E-state index contributed by atoms with van der Waals surface area (Å²) in [7, 11) is 0. The number of rotatable bonds is 4. The number of para-hydroxylation sites is 1. The maximum absolute atomic E-state index is 9.89. The van der Waals surface area contributed by atoms with E-state index in [1.54, 1.807) is 12.1 Å². The normalized spacial score (nSPS) is 10.5. The van der Waals surface area contributed by atoms with E-state index in [1.807, 2.05) is 48.7 Å². The van der Waals surface area contributed by atoms with Gasteiger partial charge >= 0.3 is 0 Å². The highest BCUT2D eigenvalue weighted by molar-refractivity contribution is 7.13. The molecule has 21 heavy (non-hydrogen) atoms. The number of thiazole rings is 1. The van der Waals surface area contributed by atoms with Crippen LogP contribution >= 0.6 is 11.3 Å². The van der Waals surface area contributed by atoms with E-state index in [2.05, 4.69) is 4.98 Å². The van der Waals surface area contributed by atoms with Crippen LogP contribution in [0.5, 0.6) is 11.5 Å². The highest BCUT2D eigenvalue weighted by atomic mass is 32.1. The molecule has 1 N–H and O–H groups in total. The van der Waals surface area contributed by atoms with Crippen LogP contribution in [-0.4, -0.2) is 16.7 Å². The number of hydrogen-bond donors (Lipinski definition) is 1. The lowest BCUT2D eigenvalue weighted by molar-refractivity contribution is 0.340. The average molecular weight is 297 g/mol. The molecule has 0 spiro atoms. The third-order valence-electron chi connectivity index (χ3n) is 3.10. The summed E-state index contributed by atoms with van der Waals surface area (Å²) in [6.07, 6.45) is 0. The molecule has 0 atom stereocenters. The van der Waals surface area contributed by atoms with E-state index < -0.39 is 0 Å². The van der Waals surface area contributed by atoms with Crippen molar-refractivity contribution in [2.75, 3.05) is 6.61 Å². The van der Waals surface area contributed by atoms with Gasteiger partial charge in [-0.25, -0.2) is 4.98 Å². The summed E-state index contributed by atoms with van der Waals surface area (Å²) in [5.74, 6) is 1.11. The Morgan fingerprint density at radius 3 is 2.57 bits per heavy atom. The van der Waals surface area contributed by atoms with E-state index in [0.717, 1.165) is 27.6 Å². The van der Waals surface area contributed by atoms with Crippen molar-refractivity contribution in [3.63, 3.8) is 0 Å². The summed E-state index contributed by atoms with van der Waals surface area (Å²) in [4.78, 5) is 4.60. The fourth-order valence-corrected chi connectivity index (χ4v) is 2.94. The number of ether oxygens (including phenoxy) is 1. The zero-order valence-corrected chi connectivity index (χ0v) is 12.4. The van der Waals surface area contributed by atoms with Crippen LogP contribution in [0, 0.1) is 0 Å². The first-order valence-corrected chi connectivity index (χ1v) is 7.63. The molecule has 3 nitrogen and oxygen atoms in total. The molecule has 0 unspecified atom stereocenters. The van der Waals surface area contributed by atoms with Crippen LogP contribution in [0.2, 0.25) is 0 Å². The minimum absolute atomic E-state index is 0.255. The van der Waals surface area contributed by atoms with Crippen molar-refractivity contribution in [1.82, 2.24) is 4.98 Å². The average Bonchev–Trinajstić information content (AvgIpc) is 2.98. The highest BCUT2D eigenvalue weighted by Gasteiger charge is 2.09. The van der Waals surface area contributed by atoms with Crippen molar-refractivity contribution in [2.24, 2.45) is 0 Å². The number of benzene rings is 2. The van der Waals surface area contributed by atoms with Crippen LogP contribution in [-0.2, 0) is 0 Å². The standard InChI is InChI=1S/C17H15NO2S/c1-2-20-13-9-7-12(8-10-13)15-11-21-17(18-15)14-5-3-4-6-16(14)19/h3-11,19H,2H2,1H3. The van der Waals surface area contributed by atoms with Gasteiger partial charge in [0, 0.05) is 10.9 Å². The molecule has 4 heteroatoms. The third-order valence-corrected chi connectivity index (χ3v) is 3.98. The first-order valence-electron chi connectivity index (χ1n) is 6.75. The summed E-state index contributed by atoms with van der Waals surface area (Å²) < 4.78 is 5.44. The fraction of sp³-hybridized carbons (Fsp3) is 0.118. The maximum Gasteiger partial charge on any atom is 0.127 e. The first kappa shape index (κ1) is 13.6. The van der Waals surface area contributed by atoms with Gasteiger partial charge in [0.05, 0.1) is 17.9 Å². The predicted octanol–water partition coefficient (Wildman–Crippen LogP) is 4.58. The van der Waals surface area contributed by atoms with Crippen molar-refractivity contribution >= 4 is 11.3 Å². The Hall–Kier alpha value is -2.33. The second-order valence-electron chi connectivity index (χ2n) is 4.51. The largest absolute Gasteiger partial charge is 0.507 e. The summed E-state index contributed by atoms with van der Waals surface area (Å²) in [5, 5.41) is 12.7.